The molecule has 1 atom stereocenters. The fraction of sp³-hybridized carbons (Fsp3) is 0.333. The molecule has 0 saturated heterocycles. The molecule has 1 aromatic heterocycles. The Hall–Kier alpha value is -1.46. The van der Waals surface area contributed by atoms with Gasteiger partial charge < -0.3 is 5.73 Å². The zero-order chi connectivity index (χ0) is 14.9. The molecule has 0 fully saturated rings. The van der Waals surface area contributed by atoms with E-state index in [0.717, 1.165) is 27.4 Å². The van der Waals surface area contributed by atoms with Gasteiger partial charge >= 0.3 is 0 Å². The van der Waals surface area contributed by atoms with Crippen LogP contribution in [0.1, 0.15) is 35.5 Å². The SMILES string of the molecule is Cc1nc(Sc2ccc(F)cc2[C@H](C)N)nc(C)c1C. The third kappa shape index (κ3) is 3.16. The predicted octanol–water partition coefficient (Wildman–Crippen LogP) is 3.71. The van der Waals surface area contributed by atoms with E-state index in [4.69, 9.17) is 5.73 Å². The van der Waals surface area contributed by atoms with E-state index < -0.39 is 0 Å². The third-order valence-electron chi connectivity index (χ3n) is 3.28. The van der Waals surface area contributed by atoms with Gasteiger partial charge in [-0.05, 0) is 68.8 Å². The van der Waals surface area contributed by atoms with Crippen molar-refractivity contribution >= 4 is 11.8 Å². The van der Waals surface area contributed by atoms with Crippen LogP contribution in [0.25, 0.3) is 0 Å². The normalized spacial score (nSPS) is 12.5. The van der Waals surface area contributed by atoms with Gasteiger partial charge in [0.1, 0.15) is 5.82 Å². The fourth-order valence-electron chi connectivity index (χ4n) is 1.85. The molecule has 0 radical (unpaired) electrons. The van der Waals surface area contributed by atoms with Crippen molar-refractivity contribution in [2.24, 2.45) is 5.73 Å². The van der Waals surface area contributed by atoms with Gasteiger partial charge in [0, 0.05) is 22.3 Å². The highest BCUT2D eigenvalue weighted by atomic mass is 32.2. The Kier molecular flexibility index (Phi) is 4.40. The summed E-state index contributed by atoms with van der Waals surface area (Å²) >= 11 is 1.42. The molecule has 5 heteroatoms. The molecule has 0 unspecified atom stereocenters. The summed E-state index contributed by atoms with van der Waals surface area (Å²) in [5.41, 5.74) is 9.70. The van der Waals surface area contributed by atoms with Crippen LogP contribution >= 0.6 is 11.8 Å². The van der Waals surface area contributed by atoms with E-state index in [1.807, 2.05) is 27.7 Å². The minimum atomic E-state index is -0.279. The maximum atomic E-state index is 13.3. The van der Waals surface area contributed by atoms with Crippen molar-refractivity contribution in [3.05, 3.63) is 46.5 Å². The number of aromatic nitrogens is 2. The number of hydrogen-bond acceptors (Lipinski definition) is 4. The van der Waals surface area contributed by atoms with Crippen molar-refractivity contribution in [3.8, 4) is 0 Å². The molecule has 0 amide bonds. The van der Waals surface area contributed by atoms with E-state index in [0.29, 0.717) is 5.16 Å². The van der Waals surface area contributed by atoms with E-state index >= 15 is 0 Å². The first-order valence-electron chi connectivity index (χ1n) is 6.43. The lowest BCUT2D eigenvalue weighted by Gasteiger charge is -2.13. The van der Waals surface area contributed by atoms with Crippen molar-refractivity contribution in [2.45, 2.75) is 43.8 Å². The standard InChI is InChI=1S/C15H18FN3S/c1-8-10(3)18-15(19-11(8)4)20-14-6-5-12(16)7-13(14)9(2)17/h5-7,9H,17H2,1-4H3/t9-/m0/s1. The van der Waals surface area contributed by atoms with Gasteiger partial charge in [0.05, 0.1) is 0 Å². The van der Waals surface area contributed by atoms with Crippen molar-refractivity contribution in [1.82, 2.24) is 9.97 Å². The van der Waals surface area contributed by atoms with Gasteiger partial charge in [0.2, 0.25) is 0 Å². The molecule has 1 aromatic carbocycles. The quantitative estimate of drug-likeness (QED) is 0.876. The monoisotopic (exact) mass is 291 g/mol. The van der Waals surface area contributed by atoms with Gasteiger partial charge in [-0.25, -0.2) is 14.4 Å². The number of benzene rings is 1. The number of nitrogens with two attached hydrogens (primary N) is 1. The Morgan fingerprint density at radius 3 is 2.30 bits per heavy atom. The maximum absolute atomic E-state index is 13.3. The van der Waals surface area contributed by atoms with Gasteiger partial charge in [-0.15, -0.1) is 0 Å². The van der Waals surface area contributed by atoms with Crippen LogP contribution in [0.5, 0.6) is 0 Å². The van der Waals surface area contributed by atoms with Gasteiger partial charge in [-0.2, -0.15) is 0 Å². The minimum absolute atomic E-state index is 0.235. The average Bonchev–Trinajstić information content (AvgIpc) is 2.37. The second-order valence-corrected chi connectivity index (χ2v) is 5.88. The third-order valence-corrected chi connectivity index (χ3v) is 4.23. The number of rotatable bonds is 3. The lowest BCUT2D eigenvalue weighted by molar-refractivity contribution is 0.619. The van der Waals surface area contributed by atoms with Crippen LogP contribution in [0.15, 0.2) is 28.3 Å². The van der Waals surface area contributed by atoms with Gasteiger partial charge in [-0.3, -0.25) is 0 Å². The fourth-order valence-corrected chi connectivity index (χ4v) is 2.91. The Balaban J connectivity index is 2.40. The first-order valence-corrected chi connectivity index (χ1v) is 7.25. The summed E-state index contributed by atoms with van der Waals surface area (Å²) < 4.78 is 13.3. The molecule has 106 valence electrons. The highest BCUT2D eigenvalue weighted by Gasteiger charge is 2.12. The molecule has 0 aliphatic rings. The van der Waals surface area contributed by atoms with Gasteiger partial charge in [-0.1, -0.05) is 0 Å². The summed E-state index contributed by atoms with van der Waals surface area (Å²) in [5, 5.41) is 0.666. The topological polar surface area (TPSA) is 51.8 Å². The largest absolute Gasteiger partial charge is 0.324 e. The van der Waals surface area contributed by atoms with Crippen molar-refractivity contribution < 1.29 is 4.39 Å². The minimum Gasteiger partial charge on any atom is -0.324 e. The predicted molar refractivity (Wildman–Crippen MR) is 79.4 cm³/mol. The Bertz CT molecular complexity index is 618. The first-order chi connectivity index (χ1) is 9.38. The Morgan fingerprint density at radius 1 is 1.15 bits per heavy atom. The number of hydrogen-bond donors (Lipinski definition) is 1. The molecule has 1 heterocycles. The number of halogens is 1. The zero-order valence-electron chi connectivity index (χ0n) is 12.1. The Labute approximate surface area is 122 Å². The summed E-state index contributed by atoms with van der Waals surface area (Å²) in [7, 11) is 0. The van der Waals surface area contributed by atoms with Crippen LogP contribution in [-0.4, -0.2) is 9.97 Å². The molecule has 2 rings (SSSR count). The van der Waals surface area contributed by atoms with Crippen LogP contribution in [0, 0.1) is 26.6 Å². The van der Waals surface area contributed by atoms with Crippen LogP contribution in [0.2, 0.25) is 0 Å². The molecule has 2 aromatic rings. The first kappa shape index (κ1) is 14.9. The van der Waals surface area contributed by atoms with Crippen molar-refractivity contribution in [2.75, 3.05) is 0 Å². The second-order valence-electron chi connectivity index (χ2n) is 4.87. The lowest BCUT2D eigenvalue weighted by Crippen LogP contribution is -2.07. The number of nitrogens with zero attached hydrogens (tertiary/aromatic N) is 2. The smallest absolute Gasteiger partial charge is 0.192 e. The molecular weight excluding hydrogens is 273 g/mol. The Morgan fingerprint density at radius 2 is 1.75 bits per heavy atom. The van der Waals surface area contributed by atoms with Crippen LogP contribution in [0.4, 0.5) is 4.39 Å². The summed E-state index contributed by atoms with van der Waals surface area (Å²) in [6.45, 7) is 7.77. The van der Waals surface area contributed by atoms with E-state index in [1.54, 1.807) is 6.07 Å². The van der Waals surface area contributed by atoms with Crippen LogP contribution in [0.3, 0.4) is 0 Å². The van der Waals surface area contributed by atoms with E-state index in [-0.39, 0.29) is 11.9 Å². The van der Waals surface area contributed by atoms with Crippen LogP contribution < -0.4 is 5.73 Å². The maximum Gasteiger partial charge on any atom is 0.192 e. The van der Waals surface area contributed by atoms with E-state index in [1.165, 1.54) is 23.9 Å². The summed E-state index contributed by atoms with van der Waals surface area (Å²) in [6, 6.07) is 4.40. The molecule has 0 aliphatic heterocycles. The molecule has 2 N–H and O–H groups in total. The van der Waals surface area contributed by atoms with Crippen LogP contribution in [-0.2, 0) is 0 Å². The molecular formula is C15H18FN3S. The lowest BCUT2D eigenvalue weighted by atomic mass is 10.1. The highest BCUT2D eigenvalue weighted by Crippen LogP contribution is 2.32. The molecule has 0 bridgehead atoms. The molecule has 0 aliphatic carbocycles. The second kappa shape index (κ2) is 5.89. The molecule has 20 heavy (non-hydrogen) atoms. The summed E-state index contributed by atoms with van der Waals surface area (Å²) in [4.78, 5) is 9.83. The molecule has 0 spiro atoms. The van der Waals surface area contributed by atoms with Gasteiger partial charge in [0.15, 0.2) is 5.16 Å². The van der Waals surface area contributed by atoms with Crippen molar-refractivity contribution in [1.29, 1.82) is 0 Å². The average molecular weight is 291 g/mol. The number of aryl methyl sites for hydroxylation is 2. The zero-order valence-corrected chi connectivity index (χ0v) is 12.9. The molecule has 0 saturated carbocycles. The van der Waals surface area contributed by atoms with E-state index in [2.05, 4.69) is 9.97 Å². The van der Waals surface area contributed by atoms with Gasteiger partial charge in [0.25, 0.3) is 0 Å². The van der Waals surface area contributed by atoms with Crippen molar-refractivity contribution in [3.63, 3.8) is 0 Å². The highest BCUT2D eigenvalue weighted by molar-refractivity contribution is 7.99. The van der Waals surface area contributed by atoms with E-state index in [9.17, 15) is 4.39 Å². The summed E-state index contributed by atoms with van der Waals surface area (Å²) in [5.74, 6) is -0.279. The molecule has 3 nitrogen and oxygen atoms in total. The summed E-state index contributed by atoms with van der Waals surface area (Å²) in [6.07, 6.45) is 0.